The number of thiophene rings is 1. The van der Waals surface area contributed by atoms with E-state index in [1.54, 1.807) is 0 Å². The quantitative estimate of drug-likeness (QED) is 0.766. The molecule has 21 heavy (non-hydrogen) atoms. The van der Waals surface area contributed by atoms with E-state index >= 15 is 0 Å². The smallest absolute Gasteiger partial charge is 0.216 e. The summed E-state index contributed by atoms with van der Waals surface area (Å²) in [4.78, 5) is 0.975. The van der Waals surface area contributed by atoms with Gasteiger partial charge in [0, 0.05) is 22.4 Å². The fourth-order valence-corrected chi connectivity index (χ4v) is 4.54. The van der Waals surface area contributed by atoms with E-state index in [4.69, 9.17) is 0 Å². The maximum atomic E-state index is 12.1. The fraction of sp³-hybridized carbons (Fsp3) is 0.286. The molecule has 1 aromatic heterocycles. The van der Waals surface area contributed by atoms with Crippen LogP contribution in [0.3, 0.4) is 0 Å². The predicted molar refractivity (Wildman–Crippen MR) is 90.7 cm³/mol. The normalized spacial score (nSPS) is 11.7. The Morgan fingerprint density at radius 1 is 1.19 bits per heavy atom. The van der Waals surface area contributed by atoms with Gasteiger partial charge in [0.05, 0.1) is 5.75 Å². The van der Waals surface area contributed by atoms with Gasteiger partial charge >= 0.3 is 0 Å². The summed E-state index contributed by atoms with van der Waals surface area (Å²) in [5.41, 5.74) is 1.87. The van der Waals surface area contributed by atoms with Crippen LogP contribution in [0.1, 0.15) is 16.0 Å². The molecule has 0 unspecified atom stereocenters. The van der Waals surface area contributed by atoms with Crippen molar-refractivity contribution in [3.8, 4) is 0 Å². The van der Waals surface area contributed by atoms with Gasteiger partial charge in [0.2, 0.25) is 10.0 Å². The second kappa shape index (κ2) is 7.51. The summed E-state index contributed by atoms with van der Waals surface area (Å²) in [6.45, 7) is 1.04. The lowest BCUT2D eigenvalue weighted by Crippen LogP contribution is -2.24. The van der Waals surface area contributed by atoms with Crippen LogP contribution in [0.15, 0.2) is 40.2 Å². The molecule has 0 aliphatic carbocycles. The first-order valence-electron chi connectivity index (χ1n) is 6.42. The molecule has 0 bridgehead atoms. The molecular weight excluding hydrogens is 372 g/mol. The van der Waals surface area contributed by atoms with Crippen molar-refractivity contribution < 1.29 is 8.42 Å². The van der Waals surface area contributed by atoms with E-state index in [1.165, 1.54) is 11.3 Å². The molecular formula is C14H17BrN2O2S2. The zero-order valence-electron chi connectivity index (χ0n) is 11.6. The summed E-state index contributed by atoms with van der Waals surface area (Å²) in [7, 11) is -1.48. The van der Waals surface area contributed by atoms with Crippen LogP contribution in [0.4, 0.5) is 0 Å². The minimum atomic E-state index is -3.34. The summed E-state index contributed by atoms with van der Waals surface area (Å²) in [6, 6.07) is 9.52. The molecule has 1 heterocycles. The van der Waals surface area contributed by atoms with Crippen molar-refractivity contribution in [2.75, 3.05) is 7.05 Å². The SMILES string of the molecule is CNCc1cccc(CS(=O)(=O)NCc2sccc2Br)c1. The number of benzene rings is 1. The van der Waals surface area contributed by atoms with Crippen LogP contribution >= 0.6 is 27.3 Å². The Balaban J connectivity index is 2.00. The number of hydrogen-bond acceptors (Lipinski definition) is 4. The second-order valence-electron chi connectivity index (χ2n) is 4.62. The van der Waals surface area contributed by atoms with Gasteiger partial charge in [-0.25, -0.2) is 13.1 Å². The average Bonchev–Trinajstić information content (AvgIpc) is 2.82. The Morgan fingerprint density at radius 2 is 1.95 bits per heavy atom. The highest BCUT2D eigenvalue weighted by Crippen LogP contribution is 2.22. The molecule has 0 saturated carbocycles. The highest BCUT2D eigenvalue weighted by molar-refractivity contribution is 9.10. The molecule has 0 atom stereocenters. The van der Waals surface area contributed by atoms with Crippen LogP contribution in [-0.2, 0) is 28.9 Å². The summed E-state index contributed by atoms with van der Waals surface area (Å²) >= 11 is 4.92. The molecule has 0 saturated heterocycles. The van der Waals surface area contributed by atoms with Crippen molar-refractivity contribution in [3.63, 3.8) is 0 Å². The molecule has 0 radical (unpaired) electrons. The van der Waals surface area contributed by atoms with Crippen LogP contribution < -0.4 is 10.0 Å². The van der Waals surface area contributed by atoms with Gasteiger partial charge in [0.25, 0.3) is 0 Å². The Hall–Kier alpha value is -0.730. The number of rotatable bonds is 7. The zero-order chi connectivity index (χ0) is 15.3. The molecule has 1 aromatic carbocycles. The maximum Gasteiger partial charge on any atom is 0.216 e. The van der Waals surface area contributed by atoms with Crippen LogP contribution in [0.2, 0.25) is 0 Å². The van der Waals surface area contributed by atoms with Crippen LogP contribution in [0.5, 0.6) is 0 Å². The van der Waals surface area contributed by atoms with Gasteiger partial charge in [-0.2, -0.15) is 0 Å². The fourth-order valence-electron chi connectivity index (χ4n) is 1.93. The van der Waals surface area contributed by atoms with E-state index < -0.39 is 10.0 Å². The molecule has 4 nitrogen and oxygen atoms in total. The highest BCUT2D eigenvalue weighted by Gasteiger charge is 2.13. The average molecular weight is 389 g/mol. The van der Waals surface area contributed by atoms with E-state index in [2.05, 4.69) is 26.0 Å². The molecule has 2 aromatic rings. The lowest BCUT2D eigenvalue weighted by molar-refractivity contribution is 0.581. The largest absolute Gasteiger partial charge is 0.316 e. The lowest BCUT2D eigenvalue weighted by Gasteiger charge is -2.08. The van der Waals surface area contributed by atoms with Crippen LogP contribution in [0, 0.1) is 0 Å². The van der Waals surface area contributed by atoms with Crippen LogP contribution in [0.25, 0.3) is 0 Å². The van der Waals surface area contributed by atoms with Crippen LogP contribution in [-0.4, -0.2) is 15.5 Å². The summed E-state index contributed by atoms with van der Waals surface area (Å²) in [6.07, 6.45) is 0. The van der Waals surface area contributed by atoms with Gasteiger partial charge in [-0.1, -0.05) is 24.3 Å². The summed E-state index contributed by atoms with van der Waals surface area (Å²) < 4.78 is 27.9. The van der Waals surface area contributed by atoms with E-state index in [9.17, 15) is 8.42 Å². The Kier molecular flexibility index (Phi) is 5.95. The number of nitrogens with one attached hydrogen (secondary N) is 2. The van der Waals surface area contributed by atoms with Crippen molar-refractivity contribution in [3.05, 3.63) is 56.2 Å². The molecule has 0 fully saturated rings. The van der Waals surface area contributed by atoms with Crippen molar-refractivity contribution in [1.82, 2.24) is 10.0 Å². The summed E-state index contributed by atoms with van der Waals surface area (Å²) in [5.74, 6) is -0.00640. The predicted octanol–water partition coefficient (Wildman–Crippen LogP) is 2.85. The first-order valence-corrected chi connectivity index (χ1v) is 9.74. The van der Waals surface area contributed by atoms with Crippen molar-refractivity contribution >= 4 is 37.3 Å². The maximum absolute atomic E-state index is 12.1. The van der Waals surface area contributed by atoms with Gasteiger partial charge in [-0.3, -0.25) is 0 Å². The minimum Gasteiger partial charge on any atom is -0.316 e. The Labute approximate surface area is 137 Å². The molecule has 0 amide bonds. The van der Waals surface area contributed by atoms with Gasteiger partial charge < -0.3 is 5.32 Å². The van der Waals surface area contributed by atoms with E-state index in [0.717, 1.165) is 27.0 Å². The molecule has 7 heteroatoms. The topological polar surface area (TPSA) is 58.2 Å². The third-order valence-electron chi connectivity index (χ3n) is 2.87. The van der Waals surface area contributed by atoms with Gasteiger partial charge in [-0.05, 0) is 45.6 Å². The van der Waals surface area contributed by atoms with E-state index in [0.29, 0.717) is 6.54 Å². The molecule has 2 rings (SSSR count). The molecule has 114 valence electrons. The lowest BCUT2D eigenvalue weighted by atomic mass is 10.1. The van der Waals surface area contributed by atoms with Gasteiger partial charge in [0.15, 0.2) is 0 Å². The standard InChI is InChI=1S/C14H17BrN2O2S2/c1-16-8-11-3-2-4-12(7-11)10-21(18,19)17-9-14-13(15)5-6-20-14/h2-7,16-17H,8-10H2,1H3. The molecule has 0 spiro atoms. The van der Waals surface area contributed by atoms with Crippen molar-refractivity contribution in [2.24, 2.45) is 0 Å². The monoisotopic (exact) mass is 388 g/mol. The number of sulfonamides is 1. The van der Waals surface area contributed by atoms with E-state index in [-0.39, 0.29) is 5.75 Å². The number of halogens is 1. The summed E-state index contributed by atoms with van der Waals surface area (Å²) in [5, 5.41) is 4.98. The zero-order valence-corrected chi connectivity index (χ0v) is 14.8. The number of hydrogen-bond donors (Lipinski definition) is 2. The Bertz CT molecular complexity index is 699. The second-order valence-corrected chi connectivity index (χ2v) is 8.28. The molecule has 0 aliphatic rings. The first-order chi connectivity index (χ1) is 10.00. The van der Waals surface area contributed by atoms with Gasteiger partial charge in [-0.15, -0.1) is 11.3 Å². The highest BCUT2D eigenvalue weighted by atomic mass is 79.9. The third kappa shape index (κ3) is 5.19. The third-order valence-corrected chi connectivity index (χ3v) is 6.10. The minimum absolute atomic E-state index is 0.00640. The van der Waals surface area contributed by atoms with E-state index in [1.807, 2.05) is 42.8 Å². The molecule has 2 N–H and O–H groups in total. The van der Waals surface area contributed by atoms with Gasteiger partial charge in [0.1, 0.15) is 0 Å². The Morgan fingerprint density at radius 3 is 2.62 bits per heavy atom. The van der Waals surface area contributed by atoms with Crippen molar-refractivity contribution in [2.45, 2.75) is 18.8 Å². The molecule has 0 aliphatic heterocycles. The van der Waals surface area contributed by atoms with Crippen molar-refractivity contribution in [1.29, 1.82) is 0 Å². The first kappa shape index (κ1) is 16.6.